The molecule has 0 bridgehead atoms. The van der Waals surface area contributed by atoms with E-state index in [1.165, 1.54) is 0 Å². The highest BCUT2D eigenvalue weighted by molar-refractivity contribution is 7.09. The summed E-state index contributed by atoms with van der Waals surface area (Å²) in [6.07, 6.45) is 0.912. The fourth-order valence-electron chi connectivity index (χ4n) is 1.96. The van der Waals surface area contributed by atoms with E-state index in [1.807, 2.05) is 19.9 Å². The summed E-state index contributed by atoms with van der Waals surface area (Å²) in [5.74, 6) is 0. The first-order chi connectivity index (χ1) is 10.1. The van der Waals surface area contributed by atoms with E-state index in [2.05, 4.69) is 15.6 Å². The first-order valence-corrected chi connectivity index (χ1v) is 7.65. The van der Waals surface area contributed by atoms with Crippen LogP contribution >= 0.6 is 11.3 Å². The molecule has 0 saturated heterocycles. The van der Waals surface area contributed by atoms with E-state index in [0.717, 1.165) is 17.0 Å². The summed E-state index contributed by atoms with van der Waals surface area (Å²) in [7, 11) is 0. The molecule has 0 aliphatic heterocycles. The van der Waals surface area contributed by atoms with E-state index < -0.39 is 0 Å². The van der Waals surface area contributed by atoms with Crippen LogP contribution in [0.4, 0.5) is 17.1 Å². The Kier molecular flexibility index (Phi) is 5.10. The lowest BCUT2D eigenvalue weighted by atomic mass is 10.2. The van der Waals surface area contributed by atoms with Gasteiger partial charge in [-0.1, -0.05) is 13.0 Å². The zero-order chi connectivity index (χ0) is 15.2. The molecule has 7 heteroatoms. The average molecular weight is 306 g/mol. The van der Waals surface area contributed by atoms with E-state index in [0.29, 0.717) is 24.5 Å². The van der Waals surface area contributed by atoms with Gasteiger partial charge in [0.15, 0.2) is 0 Å². The van der Waals surface area contributed by atoms with Crippen LogP contribution in [0.3, 0.4) is 0 Å². The number of hydrogen-bond donors (Lipinski definition) is 2. The van der Waals surface area contributed by atoms with Crippen molar-refractivity contribution in [1.29, 1.82) is 0 Å². The highest BCUT2D eigenvalue weighted by atomic mass is 32.1. The lowest BCUT2D eigenvalue weighted by molar-refractivity contribution is -0.383. The first-order valence-electron chi connectivity index (χ1n) is 6.77. The minimum atomic E-state index is -0.347. The van der Waals surface area contributed by atoms with Crippen LogP contribution in [0.5, 0.6) is 0 Å². The highest BCUT2D eigenvalue weighted by Gasteiger charge is 2.19. The van der Waals surface area contributed by atoms with Crippen LogP contribution in [0.2, 0.25) is 0 Å². The molecule has 2 aromatic rings. The summed E-state index contributed by atoms with van der Waals surface area (Å²) in [6, 6.07) is 5.27. The summed E-state index contributed by atoms with van der Waals surface area (Å²) >= 11 is 1.54. The Hall–Kier alpha value is -2.15. The summed E-state index contributed by atoms with van der Waals surface area (Å²) in [6.45, 7) is 5.20. The third-order valence-corrected chi connectivity index (χ3v) is 4.00. The zero-order valence-electron chi connectivity index (χ0n) is 12.0. The van der Waals surface area contributed by atoms with Gasteiger partial charge in [-0.25, -0.2) is 4.98 Å². The standard InChI is InChI=1S/C14H18N4O2S/c1-3-7-15-11-5-4-6-12(14(11)18(19)20)16-8-13-10(2)17-9-21-13/h4-6,9,15-16H,3,7-8H2,1-2H3. The Morgan fingerprint density at radius 3 is 2.62 bits per heavy atom. The predicted octanol–water partition coefficient (Wildman–Crippen LogP) is 3.79. The number of nitro benzene ring substituents is 1. The number of nitrogens with one attached hydrogen (secondary N) is 2. The van der Waals surface area contributed by atoms with Crippen LogP contribution < -0.4 is 10.6 Å². The Morgan fingerprint density at radius 1 is 1.33 bits per heavy atom. The number of aryl methyl sites for hydroxylation is 1. The third kappa shape index (κ3) is 3.69. The minimum Gasteiger partial charge on any atom is -0.379 e. The number of rotatable bonds is 7. The van der Waals surface area contributed by atoms with Crippen molar-refractivity contribution in [1.82, 2.24) is 4.98 Å². The van der Waals surface area contributed by atoms with Crippen molar-refractivity contribution in [2.24, 2.45) is 0 Å². The van der Waals surface area contributed by atoms with Gasteiger partial charge < -0.3 is 10.6 Å². The van der Waals surface area contributed by atoms with Gasteiger partial charge in [0.25, 0.3) is 0 Å². The molecule has 0 unspecified atom stereocenters. The molecule has 1 aromatic carbocycles. The molecule has 0 spiro atoms. The van der Waals surface area contributed by atoms with E-state index in [-0.39, 0.29) is 10.6 Å². The summed E-state index contributed by atoms with van der Waals surface area (Å²) in [5.41, 5.74) is 3.89. The summed E-state index contributed by atoms with van der Waals surface area (Å²) in [4.78, 5) is 16.3. The van der Waals surface area contributed by atoms with E-state index in [4.69, 9.17) is 0 Å². The van der Waals surface area contributed by atoms with Crippen LogP contribution in [-0.4, -0.2) is 16.5 Å². The van der Waals surface area contributed by atoms with Gasteiger partial charge in [0.1, 0.15) is 11.4 Å². The van der Waals surface area contributed by atoms with E-state index >= 15 is 0 Å². The number of para-hydroxylation sites is 1. The second-order valence-corrected chi connectivity index (χ2v) is 5.54. The predicted molar refractivity (Wildman–Crippen MR) is 86.1 cm³/mol. The molecule has 6 nitrogen and oxygen atoms in total. The fraction of sp³-hybridized carbons (Fsp3) is 0.357. The smallest absolute Gasteiger partial charge is 0.315 e. The maximum absolute atomic E-state index is 11.3. The van der Waals surface area contributed by atoms with Crippen molar-refractivity contribution in [3.05, 3.63) is 44.4 Å². The lowest BCUT2D eigenvalue weighted by Gasteiger charge is -2.11. The molecule has 0 aliphatic carbocycles. The van der Waals surface area contributed by atoms with Crippen molar-refractivity contribution in [3.8, 4) is 0 Å². The topological polar surface area (TPSA) is 80.1 Å². The Balaban J connectivity index is 2.21. The summed E-state index contributed by atoms with van der Waals surface area (Å²) in [5, 5.41) is 17.6. The molecule has 2 N–H and O–H groups in total. The van der Waals surface area contributed by atoms with Gasteiger partial charge in [0, 0.05) is 11.4 Å². The molecular weight excluding hydrogens is 288 g/mol. The molecule has 0 amide bonds. The molecule has 0 radical (unpaired) electrons. The van der Waals surface area contributed by atoms with E-state index in [9.17, 15) is 10.1 Å². The molecule has 112 valence electrons. The zero-order valence-corrected chi connectivity index (χ0v) is 12.9. The molecule has 0 saturated carbocycles. The van der Waals surface area contributed by atoms with Crippen molar-refractivity contribution >= 4 is 28.4 Å². The average Bonchev–Trinajstić information content (AvgIpc) is 2.87. The molecular formula is C14H18N4O2S. The van der Waals surface area contributed by atoms with Gasteiger partial charge in [-0.15, -0.1) is 11.3 Å². The van der Waals surface area contributed by atoms with Gasteiger partial charge in [0.2, 0.25) is 0 Å². The van der Waals surface area contributed by atoms with Gasteiger partial charge >= 0.3 is 5.69 Å². The third-order valence-electron chi connectivity index (χ3n) is 3.07. The van der Waals surface area contributed by atoms with Crippen LogP contribution in [0.25, 0.3) is 0 Å². The molecule has 0 atom stereocenters. The molecule has 0 aliphatic rings. The Morgan fingerprint density at radius 2 is 2.05 bits per heavy atom. The van der Waals surface area contributed by atoms with Gasteiger partial charge in [0.05, 0.1) is 22.7 Å². The normalized spacial score (nSPS) is 10.4. The highest BCUT2D eigenvalue weighted by Crippen LogP contribution is 2.33. The number of nitro groups is 1. The van der Waals surface area contributed by atoms with Crippen molar-refractivity contribution in [2.75, 3.05) is 17.2 Å². The van der Waals surface area contributed by atoms with Crippen LogP contribution in [0, 0.1) is 17.0 Å². The van der Waals surface area contributed by atoms with Crippen LogP contribution in [-0.2, 0) is 6.54 Å². The fourth-order valence-corrected chi connectivity index (χ4v) is 2.67. The monoisotopic (exact) mass is 306 g/mol. The first kappa shape index (κ1) is 15.2. The molecule has 0 fully saturated rings. The van der Waals surface area contributed by atoms with E-state index in [1.54, 1.807) is 29.0 Å². The van der Waals surface area contributed by atoms with Crippen molar-refractivity contribution in [2.45, 2.75) is 26.8 Å². The quantitative estimate of drug-likeness (QED) is 0.601. The van der Waals surface area contributed by atoms with Gasteiger partial charge in [-0.2, -0.15) is 0 Å². The molecule has 1 heterocycles. The summed E-state index contributed by atoms with van der Waals surface area (Å²) < 4.78 is 0. The largest absolute Gasteiger partial charge is 0.379 e. The van der Waals surface area contributed by atoms with Crippen molar-refractivity contribution < 1.29 is 4.92 Å². The molecule has 21 heavy (non-hydrogen) atoms. The van der Waals surface area contributed by atoms with Gasteiger partial charge in [-0.05, 0) is 25.5 Å². The number of anilines is 2. The number of thiazole rings is 1. The maximum Gasteiger partial charge on any atom is 0.315 e. The molecule has 2 rings (SSSR count). The van der Waals surface area contributed by atoms with Crippen LogP contribution in [0.1, 0.15) is 23.9 Å². The second-order valence-electron chi connectivity index (χ2n) is 4.60. The van der Waals surface area contributed by atoms with Crippen molar-refractivity contribution in [3.63, 3.8) is 0 Å². The SMILES string of the molecule is CCCNc1cccc(NCc2scnc2C)c1[N+](=O)[O-]. The Labute approximate surface area is 127 Å². The van der Waals surface area contributed by atoms with Crippen LogP contribution in [0.15, 0.2) is 23.7 Å². The second kappa shape index (κ2) is 7.03. The van der Waals surface area contributed by atoms with Gasteiger partial charge in [-0.3, -0.25) is 10.1 Å². The number of nitrogens with zero attached hydrogens (tertiary/aromatic N) is 2. The maximum atomic E-state index is 11.3. The number of aromatic nitrogens is 1. The lowest BCUT2D eigenvalue weighted by Crippen LogP contribution is -2.07. The minimum absolute atomic E-state index is 0.0909. The number of benzene rings is 1. The Bertz CT molecular complexity index is 627. The number of hydrogen-bond acceptors (Lipinski definition) is 6. The molecule has 1 aromatic heterocycles.